The summed E-state index contributed by atoms with van der Waals surface area (Å²) in [5.74, 6) is 1.37. The van der Waals surface area contributed by atoms with Gasteiger partial charge in [-0.15, -0.1) is 0 Å². The summed E-state index contributed by atoms with van der Waals surface area (Å²) in [6.07, 6.45) is 1.83. The highest BCUT2D eigenvalue weighted by atomic mass is 32.1. The van der Waals surface area contributed by atoms with Crippen molar-refractivity contribution in [2.24, 2.45) is 0 Å². The second-order valence-electron chi connectivity index (χ2n) is 9.40. The number of hydrogen-bond donors (Lipinski definition) is 2. The van der Waals surface area contributed by atoms with Gasteiger partial charge in [-0.2, -0.15) is 0 Å². The third kappa shape index (κ3) is 6.80. The summed E-state index contributed by atoms with van der Waals surface area (Å²) < 4.78 is 16.9. The number of morpholine rings is 1. The zero-order valence-corrected chi connectivity index (χ0v) is 21.9. The molecule has 1 fully saturated rings. The van der Waals surface area contributed by atoms with Crippen molar-refractivity contribution >= 4 is 28.2 Å². The quantitative estimate of drug-likeness (QED) is 0.416. The lowest BCUT2D eigenvalue weighted by Crippen LogP contribution is -2.43. The highest BCUT2D eigenvalue weighted by Gasteiger charge is 2.17. The molecule has 0 aliphatic carbocycles. The summed E-state index contributed by atoms with van der Waals surface area (Å²) in [6, 6.07) is 16.1. The molecule has 2 aliphatic rings. The molecule has 0 spiro atoms. The number of H-pyrrole nitrogens is 1. The van der Waals surface area contributed by atoms with Gasteiger partial charge >= 0.3 is 0 Å². The molecule has 0 atom stereocenters. The van der Waals surface area contributed by atoms with Crippen LogP contribution in [-0.4, -0.2) is 79.0 Å². The highest BCUT2D eigenvalue weighted by molar-refractivity contribution is 7.80. The first kappa shape index (κ1) is 25.5. The average Bonchev–Trinajstić information content (AvgIpc) is 2.93. The molecule has 2 N–H and O–H groups in total. The van der Waals surface area contributed by atoms with Gasteiger partial charge in [0, 0.05) is 49.7 Å². The highest BCUT2D eigenvalue weighted by Crippen LogP contribution is 2.33. The van der Waals surface area contributed by atoms with Crippen molar-refractivity contribution in [3.8, 4) is 11.5 Å². The minimum Gasteiger partial charge on any atom is -0.486 e. The van der Waals surface area contributed by atoms with E-state index in [1.54, 1.807) is 0 Å². The molecule has 2 aliphatic heterocycles. The maximum Gasteiger partial charge on any atom is 0.253 e. The molecular formula is C28H34N4O4S. The zero-order valence-electron chi connectivity index (χ0n) is 21.0. The first-order valence-electron chi connectivity index (χ1n) is 13.0. The number of fused-ring (bicyclic) bond motifs is 2. The van der Waals surface area contributed by atoms with Crippen LogP contribution in [-0.2, 0) is 17.7 Å². The molecule has 8 nitrogen and oxygen atoms in total. The lowest BCUT2D eigenvalue weighted by atomic mass is 10.1. The number of pyridine rings is 1. The Kier molecular flexibility index (Phi) is 8.55. The van der Waals surface area contributed by atoms with Crippen LogP contribution in [0.1, 0.15) is 17.5 Å². The monoisotopic (exact) mass is 522 g/mol. The van der Waals surface area contributed by atoms with Gasteiger partial charge in [0.2, 0.25) is 0 Å². The third-order valence-electron chi connectivity index (χ3n) is 6.77. The van der Waals surface area contributed by atoms with Gasteiger partial charge < -0.3 is 29.4 Å². The molecule has 1 aromatic heterocycles. The lowest BCUT2D eigenvalue weighted by Gasteiger charge is -2.29. The number of thiocarbonyl (C=S) groups is 1. The van der Waals surface area contributed by atoms with Gasteiger partial charge in [-0.1, -0.05) is 30.3 Å². The summed E-state index contributed by atoms with van der Waals surface area (Å²) in [5.41, 5.74) is 2.55. The van der Waals surface area contributed by atoms with Crippen molar-refractivity contribution in [2.45, 2.75) is 19.4 Å². The standard InChI is InChI=1S/C28H34N4O4S/c33-27-23(17-22-18-25-26(19-24(22)30-27)36-16-15-35-25)20-32(10-4-9-31-11-13-34-14-12-31)28(37)29-8-7-21-5-2-1-3-6-21/h1-3,5-6,17-19H,4,7-16,20H2,(H,29,37)(H,30,33). The number of nitrogens with zero attached hydrogens (tertiary/aromatic N) is 2. The first-order chi connectivity index (χ1) is 18.2. The molecule has 0 bridgehead atoms. The van der Waals surface area contributed by atoms with Crippen LogP contribution in [0.4, 0.5) is 0 Å². The van der Waals surface area contributed by atoms with Gasteiger partial charge in [-0.05, 0) is 42.8 Å². The first-order valence-corrected chi connectivity index (χ1v) is 13.4. The zero-order chi connectivity index (χ0) is 25.5. The fourth-order valence-electron chi connectivity index (χ4n) is 4.74. The normalized spacial score (nSPS) is 15.5. The van der Waals surface area contributed by atoms with Gasteiger partial charge in [0.25, 0.3) is 5.56 Å². The molecule has 3 aromatic rings. The van der Waals surface area contributed by atoms with E-state index in [0.717, 1.165) is 69.7 Å². The van der Waals surface area contributed by atoms with Crippen LogP contribution in [0.3, 0.4) is 0 Å². The molecule has 0 amide bonds. The topological polar surface area (TPSA) is 79.1 Å². The van der Waals surface area contributed by atoms with E-state index in [1.807, 2.05) is 36.4 Å². The Hall–Kier alpha value is -3.14. The maximum atomic E-state index is 13.0. The van der Waals surface area contributed by atoms with Crippen LogP contribution in [0.2, 0.25) is 0 Å². The maximum absolute atomic E-state index is 13.0. The Morgan fingerprint density at radius 2 is 1.78 bits per heavy atom. The van der Waals surface area contributed by atoms with Crippen molar-refractivity contribution in [3.05, 3.63) is 70.0 Å². The van der Waals surface area contributed by atoms with E-state index in [9.17, 15) is 4.79 Å². The summed E-state index contributed by atoms with van der Waals surface area (Å²) in [6.45, 7) is 7.42. The largest absolute Gasteiger partial charge is 0.486 e. The van der Waals surface area contributed by atoms with E-state index in [4.69, 9.17) is 26.4 Å². The number of ether oxygens (including phenoxy) is 3. The SMILES string of the molecule is O=c1[nH]c2cc3c(cc2cc1CN(CCCN1CCOCC1)C(=S)NCCc1ccccc1)OCCO3. The van der Waals surface area contributed by atoms with Crippen molar-refractivity contribution in [2.75, 3.05) is 59.2 Å². The molecule has 1 saturated heterocycles. The summed E-state index contributed by atoms with van der Waals surface area (Å²) in [4.78, 5) is 20.6. The van der Waals surface area contributed by atoms with Crippen LogP contribution in [0, 0.1) is 0 Å². The molecule has 3 heterocycles. The number of aromatic nitrogens is 1. The predicted molar refractivity (Wildman–Crippen MR) is 149 cm³/mol. The fourth-order valence-corrected chi connectivity index (χ4v) is 5.00. The van der Waals surface area contributed by atoms with E-state index in [1.165, 1.54) is 5.56 Å². The minimum atomic E-state index is -0.116. The lowest BCUT2D eigenvalue weighted by molar-refractivity contribution is 0.0367. The number of aromatic amines is 1. The number of hydrogen-bond acceptors (Lipinski definition) is 6. The molecular weight excluding hydrogens is 488 g/mol. The van der Waals surface area contributed by atoms with Crippen LogP contribution in [0.25, 0.3) is 10.9 Å². The van der Waals surface area contributed by atoms with Crippen LogP contribution < -0.4 is 20.3 Å². The van der Waals surface area contributed by atoms with E-state index < -0.39 is 0 Å². The van der Waals surface area contributed by atoms with E-state index >= 15 is 0 Å². The molecule has 196 valence electrons. The number of benzene rings is 2. The van der Waals surface area contributed by atoms with Crippen molar-refractivity contribution < 1.29 is 14.2 Å². The van der Waals surface area contributed by atoms with Crippen LogP contribution in [0.15, 0.2) is 53.3 Å². The molecule has 0 unspecified atom stereocenters. The van der Waals surface area contributed by atoms with Crippen LogP contribution in [0.5, 0.6) is 11.5 Å². The number of nitrogens with one attached hydrogen (secondary N) is 2. The average molecular weight is 523 g/mol. The van der Waals surface area contributed by atoms with Crippen molar-refractivity contribution in [3.63, 3.8) is 0 Å². The second-order valence-corrected chi connectivity index (χ2v) is 9.79. The van der Waals surface area contributed by atoms with Gasteiger partial charge in [0.1, 0.15) is 13.2 Å². The third-order valence-corrected chi connectivity index (χ3v) is 7.17. The minimum absolute atomic E-state index is 0.116. The predicted octanol–water partition coefficient (Wildman–Crippen LogP) is 2.94. The van der Waals surface area contributed by atoms with E-state index in [-0.39, 0.29) is 5.56 Å². The van der Waals surface area contributed by atoms with Crippen molar-refractivity contribution in [1.29, 1.82) is 0 Å². The van der Waals surface area contributed by atoms with Crippen LogP contribution >= 0.6 is 12.2 Å². The van der Waals surface area contributed by atoms with Gasteiger partial charge in [-0.25, -0.2) is 0 Å². The summed E-state index contributed by atoms with van der Waals surface area (Å²) in [5, 5.41) is 4.99. The van der Waals surface area contributed by atoms with Gasteiger partial charge in [0.15, 0.2) is 16.6 Å². The van der Waals surface area contributed by atoms with Crippen molar-refractivity contribution in [1.82, 2.24) is 20.1 Å². The molecule has 2 aromatic carbocycles. The Morgan fingerprint density at radius 3 is 2.57 bits per heavy atom. The summed E-state index contributed by atoms with van der Waals surface area (Å²) >= 11 is 5.81. The molecule has 0 saturated carbocycles. The molecule has 0 radical (unpaired) electrons. The Bertz CT molecular complexity index is 1260. The van der Waals surface area contributed by atoms with E-state index in [2.05, 4.69) is 32.2 Å². The number of rotatable bonds is 9. The Balaban J connectivity index is 1.29. The smallest absolute Gasteiger partial charge is 0.253 e. The summed E-state index contributed by atoms with van der Waals surface area (Å²) in [7, 11) is 0. The Morgan fingerprint density at radius 1 is 1.03 bits per heavy atom. The van der Waals surface area contributed by atoms with Gasteiger partial charge in [0.05, 0.1) is 25.3 Å². The van der Waals surface area contributed by atoms with Gasteiger partial charge in [-0.3, -0.25) is 9.69 Å². The molecule has 37 heavy (non-hydrogen) atoms. The second kappa shape index (κ2) is 12.4. The fraction of sp³-hybridized carbons (Fsp3) is 0.429. The Labute approximate surface area is 222 Å². The van der Waals surface area contributed by atoms with E-state index in [0.29, 0.717) is 41.9 Å². The molecule has 9 heteroatoms. The molecule has 5 rings (SSSR count).